The maximum atomic E-state index is 6.62. The maximum absolute atomic E-state index is 6.62. The first-order chi connectivity index (χ1) is 22.3. The summed E-state index contributed by atoms with van der Waals surface area (Å²) >= 11 is 0. The fourth-order valence-electron chi connectivity index (χ4n) is 6.42. The van der Waals surface area contributed by atoms with Gasteiger partial charge in [0.1, 0.15) is 16.8 Å². The van der Waals surface area contributed by atoms with Crippen molar-refractivity contribution in [2.75, 3.05) is 0 Å². The van der Waals surface area contributed by atoms with Crippen molar-refractivity contribution in [2.45, 2.75) is 0 Å². The fourth-order valence-corrected chi connectivity index (χ4v) is 6.42. The lowest BCUT2D eigenvalue weighted by atomic mass is 9.97. The summed E-state index contributed by atoms with van der Waals surface area (Å²) in [7, 11) is 0. The molecule has 3 heteroatoms. The molecule has 0 saturated carbocycles. The van der Waals surface area contributed by atoms with E-state index in [1.165, 1.54) is 11.1 Å². The molecular formula is C42H26N2O. The molecule has 0 unspecified atom stereocenters. The Balaban J connectivity index is 1.29. The zero-order valence-electron chi connectivity index (χ0n) is 24.3. The Hall–Kier alpha value is -6.06. The molecule has 0 aliphatic heterocycles. The standard InChI is InChI=1S/C42H26N2O/c1-2-11-27(12-3-1)29-17-8-18-30(23-29)31-19-9-20-34(24-31)39-41-40(37-25-32-14-4-5-15-33(32)26-38(37)45-41)44-42(43-39)36-22-10-16-28-13-6-7-21-35(28)36/h1-26H. The van der Waals surface area contributed by atoms with E-state index in [-0.39, 0.29) is 0 Å². The molecule has 9 rings (SSSR count). The predicted molar refractivity (Wildman–Crippen MR) is 186 cm³/mol. The van der Waals surface area contributed by atoms with E-state index in [0.29, 0.717) is 11.4 Å². The third-order valence-corrected chi connectivity index (χ3v) is 8.65. The molecule has 2 aromatic heterocycles. The Labute approximate surface area is 260 Å². The van der Waals surface area contributed by atoms with Crippen molar-refractivity contribution in [3.05, 3.63) is 158 Å². The van der Waals surface area contributed by atoms with Gasteiger partial charge in [-0.1, -0.05) is 133 Å². The first-order valence-corrected chi connectivity index (χ1v) is 15.2. The molecule has 0 radical (unpaired) electrons. The van der Waals surface area contributed by atoms with Gasteiger partial charge in [0.25, 0.3) is 0 Å². The van der Waals surface area contributed by atoms with E-state index >= 15 is 0 Å². The van der Waals surface area contributed by atoms with Gasteiger partial charge in [0.15, 0.2) is 11.4 Å². The van der Waals surface area contributed by atoms with Gasteiger partial charge in [0, 0.05) is 16.5 Å². The maximum Gasteiger partial charge on any atom is 0.180 e. The zero-order chi connectivity index (χ0) is 29.7. The van der Waals surface area contributed by atoms with Crippen LogP contribution in [0.1, 0.15) is 0 Å². The van der Waals surface area contributed by atoms with Crippen molar-refractivity contribution in [2.24, 2.45) is 0 Å². The first kappa shape index (κ1) is 25.4. The molecule has 0 saturated heterocycles. The Morgan fingerprint density at radius 3 is 1.78 bits per heavy atom. The molecule has 0 bridgehead atoms. The molecule has 2 heterocycles. The predicted octanol–water partition coefficient (Wildman–Crippen LogP) is 11.4. The van der Waals surface area contributed by atoms with Crippen LogP contribution in [0.15, 0.2) is 162 Å². The van der Waals surface area contributed by atoms with Gasteiger partial charge in [-0.25, -0.2) is 9.97 Å². The number of nitrogens with zero attached hydrogens (tertiary/aromatic N) is 2. The zero-order valence-corrected chi connectivity index (χ0v) is 24.3. The van der Waals surface area contributed by atoms with Crippen LogP contribution in [0, 0.1) is 0 Å². The van der Waals surface area contributed by atoms with Crippen LogP contribution in [0.3, 0.4) is 0 Å². The summed E-state index contributed by atoms with van der Waals surface area (Å²) in [6, 6.07) is 55.1. The van der Waals surface area contributed by atoms with E-state index in [9.17, 15) is 0 Å². The highest BCUT2D eigenvalue weighted by atomic mass is 16.3. The molecule has 0 atom stereocenters. The second-order valence-corrected chi connectivity index (χ2v) is 11.4. The smallest absolute Gasteiger partial charge is 0.180 e. The molecule has 210 valence electrons. The summed E-state index contributed by atoms with van der Waals surface area (Å²) in [6.45, 7) is 0. The largest absolute Gasteiger partial charge is 0.452 e. The van der Waals surface area contributed by atoms with Crippen molar-refractivity contribution >= 4 is 43.6 Å². The average molecular weight is 575 g/mol. The second-order valence-electron chi connectivity index (χ2n) is 11.4. The number of hydrogen-bond donors (Lipinski definition) is 0. The molecule has 0 aliphatic rings. The lowest BCUT2D eigenvalue weighted by Gasteiger charge is -2.10. The molecule has 0 aliphatic carbocycles. The van der Waals surface area contributed by atoms with Gasteiger partial charge in [-0.15, -0.1) is 0 Å². The molecular weight excluding hydrogens is 548 g/mol. The monoisotopic (exact) mass is 574 g/mol. The van der Waals surface area contributed by atoms with Crippen LogP contribution in [0.5, 0.6) is 0 Å². The van der Waals surface area contributed by atoms with Crippen LogP contribution in [-0.2, 0) is 0 Å². The number of hydrogen-bond acceptors (Lipinski definition) is 3. The van der Waals surface area contributed by atoms with Crippen molar-refractivity contribution in [1.82, 2.24) is 9.97 Å². The van der Waals surface area contributed by atoms with Gasteiger partial charge in [-0.05, 0) is 68.1 Å². The number of benzene rings is 7. The Morgan fingerprint density at radius 1 is 0.400 bits per heavy atom. The van der Waals surface area contributed by atoms with Crippen LogP contribution in [0.25, 0.3) is 88.5 Å². The van der Waals surface area contributed by atoms with Crippen molar-refractivity contribution in [3.8, 4) is 44.9 Å². The summed E-state index contributed by atoms with van der Waals surface area (Å²) in [5.74, 6) is 0.682. The first-order valence-electron chi connectivity index (χ1n) is 15.2. The van der Waals surface area contributed by atoms with Crippen LogP contribution in [0.2, 0.25) is 0 Å². The van der Waals surface area contributed by atoms with Crippen LogP contribution >= 0.6 is 0 Å². The van der Waals surface area contributed by atoms with Crippen LogP contribution < -0.4 is 0 Å². The normalized spacial score (nSPS) is 11.6. The third kappa shape index (κ3) is 4.37. The molecule has 45 heavy (non-hydrogen) atoms. The summed E-state index contributed by atoms with van der Waals surface area (Å²) < 4.78 is 6.62. The highest BCUT2D eigenvalue weighted by Gasteiger charge is 2.20. The Morgan fingerprint density at radius 2 is 0.978 bits per heavy atom. The van der Waals surface area contributed by atoms with Gasteiger partial charge < -0.3 is 4.42 Å². The highest BCUT2D eigenvalue weighted by molar-refractivity contribution is 6.11. The van der Waals surface area contributed by atoms with Crippen molar-refractivity contribution in [1.29, 1.82) is 0 Å². The fraction of sp³-hybridized carbons (Fsp3) is 0. The lowest BCUT2D eigenvalue weighted by Crippen LogP contribution is -1.95. The van der Waals surface area contributed by atoms with E-state index in [2.05, 4.69) is 152 Å². The van der Waals surface area contributed by atoms with Crippen molar-refractivity contribution < 1.29 is 4.42 Å². The molecule has 0 amide bonds. The van der Waals surface area contributed by atoms with Gasteiger partial charge in [-0.2, -0.15) is 0 Å². The quantitative estimate of drug-likeness (QED) is 0.210. The lowest BCUT2D eigenvalue weighted by molar-refractivity contribution is 0.668. The molecule has 0 spiro atoms. The summed E-state index contributed by atoms with van der Waals surface area (Å²) in [4.78, 5) is 10.4. The molecule has 0 fully saturated rings. The van der Waals surface area contributed by atoms with Crippen LogP contribution in [-0.4, -0.2) is 9.97 Å². The van der Waals surface area contributed by atoms with Gasteiger partial charge in [0.05, 0.1) is 0 Å². The molecule has 9 aromatic rings. The van der Waals surface area contributed by atoms with E-state index in [1.54, 1.807) is 0 Å². The topological polar surface area (TPSA) is 38.9 Å². The molecule has 0 N–H and O–H groups in total. The minimum absolute atomic E-state index is 0.682. The highest BCUT2D eigenvalue weighted by Crippen LogP contribution is 2.39. The second kappa shape index (κ2) is 10.3. The minimum Gasteiger partial charge on any atom is -0.452 e. The summed E-state index contributed by atoms with van der Waals surface area (Å²) in [6.07, 6.45) is 0. The van der Waals surface area contributed by atoms with E-state index in [0.717, 1.165) is 66.0 Å². The van der Waals surface area contributed by atoms with E-state index in [4.69, 9.17) is 14.4 Å². The SMILES string of the molecule is c1ccc(-c2cccc(-c3cccc(-c4nc(-c5cccc6ccccc56)nc5c4oc4cc6ccccc6cc45)c3)c2)cc1. The molecule has 3 nitrogen and oxygen atoms in total. The Kier molecular flexibility index (Phi) is 5.82. The summed E-state index contributed by atoms with van der Waals surface area (Å²) in [5, 5.41) is 5.55. The minimum atomic E-state index is 0.682. The van der Waals surface area contributed by atoms with Crippen molar-refractivity contribution in [3.63, 3.8) is 0 Å². The van der Waals surface area contributed by atoms with Crippen LogP contribution in [0.4, 0.5) is 0 Å². The molecule has 7 aromatic carbocycles. The van der Waals surface area contributed by atoms with Gasteiger partial charge >= 0.3 is 0 Å². The number of furan rings is 1. The van der Waals surface area contributed by atoms with E-state index in [1.807, 2.05) is 6.07 Å². The number of fused-ring (bicyclic) bond motifs is 5. The van der Waals surface area contributed by atoms with Gasteiger partial charge in [0.2, 0.25) is 0 Å². The van der Waals surface area contributed by atoms with Gasteiger partial charge in [-0.3, -0.25) is 0 Å². The third-order valence-electron chi connectivity index (χ3n) is 8.65. The number of aromatic nitrogens is 2. The Bertz CT molecular complexity index is 2540. The number of rotatable bonds is 4. The summed E-state index contributed by atoms with van der Waals surface area (Å²) in [5.41, 5.74) is 9.73. The van der Waals surface area contributed by atoms with E-state index < -0.39 is 0 Å². The average Bonchev–Trinajstić information content (AvgIpc) is 3.47.